The van der Waals surface area contributed by atoms with Gasteiger partial charge < -0.3 is 10.4 Å². The predicted molar refractivity (Wildman–Crippen MR) is 51.1 cm³/mol. The molecule has 0 aliphatic carbocycles. The van der Waals surface area contributed by atoms with E-state index in [0.29, 0.717) is 6.04 Å². The quantitative estimate of drug-likeness (QED) is 0.494. The van der Waals surface area contributed by atoms with Gasteiger partial charge >= 0.3 is 0 Å². The van der Waals surface area contributed by atoms with Gasteiger partial charge in [-0.25, -0.2) is 0 Å². The van der Waals surface area contributed by atoms with Gasteiger partial charge in [-0.2, -0.15) is 0 Å². The highest BCUT2D eigenvalue weighted by molar-refractivity contribution is 5.11. The monoisotopic (exact) mass is 169 g/mol. The maximum Gasteiger partial charge on any atom is 0.0602 e. The van der Waals surface area contributed by atoms with Crippen molar-refractivity contribution < 1.29 is 5.11 Å². The first-order chi connectivity index (χ1) is 5.58. The van der Waals surface area contributed by atoms with Crippen LogP contribution >= 0.6 is 0 Å². The zero-order valence-electron chi connectivity index (χ0n) is 8.22. The molecule has 0 amide bonds. The SMILES string of the molecule is CC(C)=CCCC1(C)NC1CO. The Morgan fingerprint density at radius 1 is 1.58 bits per heavy atom. The Kier molecular flexibility index (Phi) is 2.91. The summed E-state index contributed by atoms with van der Waals surface area (Å²) >= 11 is 0. The van der Waals surface area contributed by atoms with Crippen LogP contribution in [-0.2, 0) is 0 Å². The van der Waals surface area contributed by atoms with Gasteiger partial charge in [-0.3, -0.25) is 0 Å². The van der Waals surface area contributed by atoms with Gasteiger partial charge in [0.25, 0.3) is 0 Å². The molecule has 70 valence electrons. The van der Waals surface area contributed by atoms with E-state index in [1.807, 2.05) is 0 Å². The van der Waals surface area contributed by atoms with E-state index < -0.39 is 0 Å². The lowest BCUT2D eigenvalue weighted by Crippen LogP contribution is -2.12. The topological polar surface area (TPSA) is 42.2 Å². The molecule has 0 saturated carbocycles. The van der Waals surface area contributed by atoms with Crippen LogP contribution in [0.15, 0.2) is 11.6 Å². The van der Waals surface area contributed by atoms with Crippen LogP contribution < -0.4 is 5.32 Å². The van der Waals surface area contributed by atoms with Crippen LogP contribution in [0.1, 0.15) is 33.6 Å². The molecule has 0 aromatic carbocycles. The summed E-state index contributed by atoms with van der Waals surface area (Å²) in [5.74, 6) is 0. The van der Waals surface area contributed by atoms with Crippen LogP contribution in [0.2, 0.25) is 0 Å². The molecule has 0 spiro atoms. The number of aliphatic hydroxyl groups excluding tert-OH is 1. The highest BCUT2D eigenvalue weighted by Crippen LogP contribution is 2.30. The molecular weight excluding hydrogens is 150 g/mol. The largest absolute Gasteiger partial charge is 0.395 e. The first-order valence-corrected chi connectivity index (χ1v) is 4.60. The van der Waals surface area contributed by atoms with Crippen LogP contribution in [-0.4, -0.2) is 23.3 Å². The molecule has 2 atom stereocenters. The van der Waals surface area contributed by atoms with Crippen molar-refractivity contribution in [2.24, 2.45) is 0 Å². The van der Waals surface area contributed by atoms with Gasteiger partial charge in [0.2, 0.25) is 0 Å². The van der Waals surface area contributed by atoms with Crippen molar-refractivity contribution >= 4 is 0 Å². The van der Waals surface area contributed by atoms with Gasteiger partial charge in [0.05, 0.1) is 6.61 Å². The van der Waals surface area contributed by atoms with Crippen molar-refractivity contribution in [1.82, 2.24) is 5.32 Å². The molecular formula is C10H19NO. The van der Waals surface area contributed by atoms with Gasteiger partial charge in [-0.15, -0.1) is 0 Å². The second kappa shape index (κ2) is 3.58. The summed E-state index contributed by atoms with van der Waals surface area (Å²) in [5.41, 5.74) is 1.58. The zero-order chi connectivity index (χ0) is 9.19. The number of hydrogen-bond donors (Lipinski definition) is 2. The minimum Gasteiger partial charge on any atom is -0.395 e. The molecule has 1 rings (SSSR count). The molecule has 12 heavy (non-hydrogen) atoms. The number of rotatable bonds is 4. The molecule has 0 radical (unpaired) electrons. The molecule has 1 aliphatic heterocycles. The minimum atomic E-state index is 0.209. The third-order valence-electron chi connectivity index (χ3n) is 2.59. The highest BCUT2D eigenvalue weighted by Gasteiger charge is 2.47. The number of hydrogen-bond acceptors (Lipinski definition) is 2. The summed E-state index contributed by atoms with van der Waals surface area (Å²) in [7, 11) is 0. The fourth-order valence-electron chi connectivity index (χ4n) is 1.51. The van der Waals surface area contributed by atoms with Gasteiger partial charge in [-0.05, 0) is 33.6 Å². The Labute approximate surface area is 74.7 Å². The molecule has 2 nitrogen and oxygen atoms in total. The lowest BCUT2D eigenvalue weighted by molar-refractivity contribution is 0.288. The van der Waals surface area contributed by atoms with Crippen molar-refractivity contribution in [3.8, 4) is 0 Å². The Balaban J connectivity index is 2.21. The van der Waals surface area contributed by atoms with Crippen molar-refractivity contribution in [1.29, 1.82) is 0 Å². The van der Waals surface area contributed by atoms with Crippen molar-refractivity contribution in [3.63, 3.8) is 0 Å². The van der Waals surface area contributed by atoms with E-state index >= 15 is 0 Å². The molecule has 1 heterocycles. The van der Waals surface area contributed by atoms with Crippen LogP contribution in [0, 0.1) is 0 Å². The smallest absolute Gasteiger partial charge is 0.0602 e. The summed E-state index contributed by atoms with van der Waals surface area (Å²) in [5, 5.41) is 12.2. The Hall–Kier alpha value is -0.340. The second-order valence-electron chi connectivity index (χ2n) is 4.12. The predicted octanol–water partition coefficient (Wildman–Crippen LogP) is 1.46. The number of aliphatic hydroxyl groups is 1. The highest BCUT2D eigenvalue weighted by atomic mass is 16.3. The standard InChI is InChI=1S/C10H19NO/c1-8(2)5-4-6-10(3)9(7-12)11-10/h5,9,11-12H,4,6-7H2,1-3H3. The van der Waals surface area contributed by atoms with Crippen LogP contribution in [0.3, 0.4) is 0 Å². The van der Waals surface area contributed by atoms with E-state index in [9.17, 15) is 0 Å². The van der Waals surface area contributed by atoms with E-state index in [1.54, 1.807) is 0 Å². The van der Waals surface area contributed by atoms with Gasteiger partial charge in [0.1, 0.15) is 0 Å². The Morgan fingerprint density at radius 3 is 2.67 bits per heavy atom. The minimum absolute atomic E-state index is 0.209. The van der Waals surface area contributed by atoms with E-state index in [0.717, 1.165) is 12.8 Å². The second-order valence-corrected chi connectivity index (χ2v) is 4.12. The summed E-state index contributed by atoms with van der Waals surface area (Å²) < 4.78 is 0. The summed E-state index contributed by atoms with van der Waals surface area (Å²) in [6.45, 7) is 6.68. The average molecular weight is 169 g/mol. The van der Waals surface area contributed by atoms with Crippen molar-refractivity contribution in [3.05, 3.63) is 11.6 Å². The van der Waals surface area contributed by atoms with Crippen LogP contribution in [0.4, 0.5) is 0 Å². The summed E-state index contributed by atoms with van der Waals surface area (Å²) in [6.07, 6.45) is 4.49. The fourth-order valence-corrected chi connectivity index (χ4v) is 1.51. The third kappa shape index (κ3) is 2.32. The molecule has 2 heteroatoms. The van der Waals surface area contributed by atoms with E-state index in [-0.39, 0.29) is 12.1 Å². The number of nitrogens with one attached hydrogen (secondary N) is 1. The lowest BCUT2D eigenvalue weighted by atomic mass is 10.0. The number of allylic oxidation sites excluding steroid dienone is 2. The molecule has 0 bridgehead atoms. The molecule has 0 aromatic rings. The first-order valence-electron chi connectivity index (χ1n) is 4.60. The van der Waals surface area contributed by atoms with E-state index in [1.165, 1.54) is 5.57 Å². The maximum atomic E-state index is 8.87. The van der Waals surface area contributed by atoms with Crippen LogP contribution in [0.5, 0.6) is 0 Å². The summed E-state index contributed by atoms with van der Waals surface area (Å²) in [6, 6.07) is 0.336. The normalized spacial score (nSPS) is 33.2. The zero-order valence-corrected chi connectivity index (χ0v) is 8.22. The van der Waals surface area contributed by atoms with Gasteiger partial charge in [0.15, 0.2) is 0 Å². The van der Waals surface area contributed by atoms with E-state index in [2.05, 4.69) is 32.2 Å². The van der Waals surface area contributed by atoms with Gasteiger partial charge in [-0.1, -0.05) is 11.6 Å². The average Bonchev–Trinajstić information content (AvgIpc) is 2.61. The molecule has 1 fully saturated rings. The lowest BCUT2D eigenvalue weighted by Gasteiger charge is -2.05. The molecule has 1 aliphatic rings. The Morgan fingerprint density at radius 2 is 2.25 bits per heavy atom. The third-order valence-corrected chi connectivity index (χ3v) is 2.59. The molecule has 0 aromatic heterocycles. The molecule has 2 N–H and O–H groups in total. The summed E-state index contributed by atoms with van der Waals surface area (Å²) in [4.78, 5) is 0. The van der Waals surface area contributed by atoms with Crippen molar-refractivity contribution in [2.45, 2.75) is 45.2 Å². The Bertz CT molecular complexity index is 184. The van der Waals surface area contributed by atoms with Crippen molar-refractivity contribution in [2.75, 3.05) is 6.61 Å². The first kappa shape index (κ1) is 9.75. The molecule has 1 saturated heterocycles. The van der Waals surface area contributed by atoms with Gasteiger partial charge in [0, 0.05) is 11.6 Å². The molecule has 2 unspecified atom stereocenters. The van der Waals surface area contributed by atoms with Crippen LogP contribution in [0.25, 0.3) is 0 Å². The maximum absolute atomic E-state index is 8.87. The van der Waals surface area contributed by atoms with E-state index in [4.69, 9.17) is 5.11 Å². The fraction of sp³-hybridized carbons (Fsp3) is 0.800.